The average molecular weight is 223 g/mol. The number of carboxylic acids is 1. The normalized spacial score (nSPS) is 13.6. The largest absolute Gasteiger partial charge is 0.480 e. The van der Waals surface area contributed by atoms with E-state index in [1.165, 1.54) is 6.82 Å². The van der Waals surface area contributed by atoms with Crippen LogP contribution < -0.4 is 5.23 Å². The summed E-state index contributed by atoms with van der Waals surface area (Å²) in [4.78, 5) is 10.6. The molecule has 14 heavy (non-hydrogen) atoms. The summed E-state index contributed by atoms with van der Waals surface area (Å²) in [6.45, 7) is 1.37. The van der Waals surface area contributed by atoms with Crippen LogP contribution in [0.3, 0.4) is 0 Å². The average Bonchev–Trinajstić information content (AvgIpc) is 1.94. The van der Waals surface area contributed by atoms with Gasteiger partial charge in [-0.2, -0.15) is 0 Å². The van der Waals surface area contributed by atoms with Crippen LogP contribution in [-0.4, -0.2) is 49.6 Å². The first-order chi connectivity index (χ1) is 6.22. The number of sulfone groups is 1. The van der Waals surface area contributed by atoms with Crippen molar-refractivity contribution in [2.24, 2.45) is 0 Å². The lowest BCUT2D eigenvalue weighted by atomic mass is 9.87. The van der Waals surface area contributed by atoms with Crippen LogP contribution in [0.15, 0.2) is 0 Å². The van der Waals surface area contributed by atoms with Gasteiger partial charge in [-0.25, -0.2) is 8.42 Å². The van der Waals surface area contributed by atoms with Gasteiger partial charge in [0.1, 0.15) is 9.84 Å². The third-order valence-corrected chi connectivity index (χ3v) is 2.50. The lowest BCUT2D eigenvalue weighted by Crippen LogP contribution is -2.45. The number of carboxylic acid groups (broad SMARTS) is 1. The Morgan fingerprint density at radius 2 is 2.07 bits per heavy atom. The van der Waals surface area contributed by atoms with Crippen LogP contribution >= 0.6 is 0 Å². The second kappa shape index (κ2) is 5.33. The Balaban J connectivity index is 4.18. The zero-order valence-corrected chi connectivity index (χ0v) is 8.91. The summed E-state index contributed by atoms with van der Waals surface area (Å²) in [7, 11) is -4.15. The molecule has 0 aliphatic carbocycles. The molecule has 3 N–H and O–H groups in total. The van der Waals surface area contributed by atoms with E-state index in [0.717, 1.165) is 6.26 Å². The molecule has 8 heteroatoms. The molecule has 0 saturated heterocycles. The molecule has 0 fully saturated rings. The third kappa shape index (κ3) is 6.87. The van der Waals surface area contributed by atoms with Gasteiger partial charge in [0, 0.05) is 6.26 Å². The highest BCUT2D eigenvalue weighted by molar-refractivity contribution is 7.90. The van der Waals surface area contributed by atoms with Crippen molar-refractivity contribution in [1.29, 1.82) is 0 Å². The first kappa shape index (κ1) is 13.4. The van der Waals surface area contributed by atoms with E-state index < -0.39 is 28.9 Å². The number of hydrogen-bond donors (Lipinski definition) is 3. The SMILES string of the molecule is CB(O)N[C@@H](CCS(C)(=O)=O)C(=O)O. The number of carbonyl (C=O) groups is 1. The smallest absolute Gasteiger partial charge is 0.374 e. The molecule has 0 saturated carbocycles. The van der Waals surface area contributed by atoms with E-state index in [-0.39, 0.29) is 12.2 Å². The Kier molecular flexibility index (Phi) is 5.10. The highest BCUT2D eigenvalue weighted by Gasteiger charge is 2.21. The molecule has 82 valence electrons. The Morgan fingerprint density at radius 1 is 1.57 bits per heavy atom. The van der Waals surface area contributed by atoms with Crippen molar-refractivity contribution in [3.63, 3.8) is 0 Å². The molecule has 0 spiro atoms. The first-order valence-electron chi connectivity index (χ1n) is 4.07. The number of nitrogens with one attached hydrogen (secondary N) is 1. The molecule has 0 aromatic carbocycles. The van der Waals surface area contributed by atoms with E-state index in [2.05, 4.69) is 5.23 Å². The number of aliphatic carboxylic acids is 1. The number of hydrogen-bond acceptors (Lipinski definition) is 5. The number of rotatable bonds is 6. The van der Waals surface area contributed by atoms with Gasteiger partial charge in [-0.05, 0) is 13.2 Å². The molecule has 0 bridgehead atoms. The Bertz CT molecular complexity index is 289. The van der Waals surface area contributed by atoms with Crippen LogP contribution in [0.25, 0.3) is 0 Å². The topological polar surface area (TPSA) is 104 Å². The van der Waals surface area contributed by atoms with E-state index in [9.17, 15) is 13.2 Å². The first-order valence-corrected chi connectivity index (χ1v) is 6.13. The van der Waals surface area contributed by atoms with Gasteiger partial charge in [0.2, 0.25) is 0 Å². The van der Waals surface area contributed by atoms with Gasteiger partial charge in [0.25, 0.3) is 0 Å². The molecule has 6 nitrogen and oxygen atoms in total. The molecule has 0 unspecified atom stereocenters. The van der Waals surface area contributed by atoms with Gasteiger partial charge in [0.05, 0.1) is 11.8 Å². The van der Waals surface area contributed by atoms with Crippen LogP contribution in [-0.2, 0) is 14.6 Å². The fourth-order valence-electron chi connectivity index (χ4n) is 0.901. The van der Waals surface area contributed by atoms with E-state index in [0.29, 0.717) is 0 Å². The van der Waals surface area contributed by atoms with Crippen molar-refractivity contribution < 1.29 is 23.3 Å². The van der Waals surface area contributed by atoms with Gasteiger partial charge in [-0.3, -0.25) is 4.79 Å². The van der Waals surface area contributed by atoms with E-state index in [1.54, 1.807) is 0 Å². The van der Waals surface area contributed by atoms with Crippen molar-refractivity contribution in [2.45, 2.75) is 19.3 Å². The third-order valence-electron chi connectivity index (χ3n) is 1.52. The van der Waals surface area contributed by atoms with Gasteiger partial charge < -0.3 is 15.4 Å². The van der Waals surface area contributed by atoms with E-state index >= 15 is 0 Å². The standard InChI is InChI=1S/C6H14BNO5S/c1-7(11)8-5(6(9)10)3-4-14(2,12)13/h5,8,11H,3-4H2,1-2H3,(H,9,10)/t5-/m0/s1. The molecule has 0 heterocycles. The fourth-order valence-corrected chi connectivity index (χ4v) is 1.57. The summed E-state index contributed by atoms with van der Waals surface area (Å²) < 4.78 is 21.5. The Labute approximate surface area is 83.4 Å². The molecule has 0 aromatic rings. The van der Waals surface area contributed by atoms with Crippen LogP contribution in [0.1, 0.15) is 6.42 Å². The van der Waals surface area contributed by atoms with Crippen molar-refractivity contribution in [2.75, 3.05) is 12.0 Å². The summed E-state index contributed by atoms with van der Waals surface area (Å²) in [6.07, 6.45) is 0.980. The highest BCUT2D eigenvalue weighted by atomic mass is 32.2. The van der Waals surface area contributed by atoms with E-state index in [1.807, 2.05) is 0 Å². The summed E-state index contributed by atoms with van der Waals surface area (Å²) in [5.74, 6) is -1.39. The summed E-state index contributed by atoms with van der Waals surface area (Å²) in [5, 5.41) is 19.9. The molecule has 0 radical (unpaired) electrons. The minimum atomic E-state index is -3.17. The lowest BCUT2D eigenvalue weighted by molar-refractivity contribution is -0.139. The van der Waals surface area contributed by atoms with Gasteiger partial charge in [-0.15, -0.1) is 0 Å². The van der Waals surface area contributed by atoms with Gasteiger partial charge >= 0.3 is 13.0 Å². The van der Waals surface area contributed by atoms with Crippen LogP contribution in [0.4, 0.5) is 0 Å². The molecule has 0 rings (SSSR count). The van der Waals surface area contributed by atoms with Gasteiger partial charge in [-0.1, -0.05) is 0 Å². The highest BCUT2D eigenvalue weighted by Crippen LogP contribution is 1.97. The molecular weight excluding hydrogens is 209 g/mol. The molecule has 1 atom stereocenters. The molecule has 0 aliphatic rings. The fraction of sp³-hybridized carbons (Fsp3) is 0.833. The van der Waals surface area contributed by atoms with Gasteiger partial charge in [0.15, 0.2) is 0 Å². The molecule has 0 amide bonds. The molecule has 0 aliphatic heterocycles. The quantitative estimate of drug-likeness (QED) is 0.477. The second-order valence-corrected chi connectivity index (χ2v) is 5.41. The summed E-state index contributed by atoms with van der Waals surface area (Å²) >= 11 is 0. The minimum Gasteiger partial charge on any atom is -0.480 e. The zero-order valence-electron chi connectivity index (χ0n) is 8.10. The predicted molar refractivity (Wildman–Crippen MR) is 52.7 cm³/mol. The van der Waals surface area contributed by atoms with Crippen LogP contribution in [0, 0.1) is 0 Å². The maximum atomic E-state index is 10.8. The zero-order chi connectivity index (χ0) is 11.4. The Morgan fingerprint density at radius 3 is 2.36 bits per heavy atom. The Hall–Kier alpha value is -0.595. The maximum Gasteiger partial charge on any atom is 0.374 e. The van der Waals surface area contributed by atoms with Crippen LogP contribution in [0.5, 0.6) is 0 Å². The summed E-state index contributed by atoms with van der Waals surface area (Å²) in [5.41, 5.74) is 0. The lowest BCUT2D eigenvalue weighted by Gasteiger charge is -2.13. The summed E-state index contributed by atoms with van der Waals surface area (Å²) in [6, 6.07) is -1.04. The van der Waals surface area contributed by atoms with Crippen LogP contribution in [0.2, 0.25) is 6.82 Å². The van der Waals surface area contributed by atoms with Crippen molar-refractivity contribution in [3.05, 3.63) is 0 Å². The van der Waals surface area contributed by atoms with Crippen molar-refractivity contribution in [1.82, 2.24) is 5.23 Å². The van der Waals surface area contributed by atoms with Crippen molar-refractivity contribution in [3.8, 4) is 0 Å². The van der Waals surface area contributed by atoms with E-state index in [4.69, 9.17) is 10.1 Å². The van der Waals surface area contributed by atoms with Crippen molar-refractivity contribution >= 4 is 22.9 Å². The predicted octanol–water partition coefficient (Wildman–Crippen LogP) is -1.43. The second-order valence-electron chi connectivity index (χ2n) is 3.15. The molecule has 0 aromatic heterocycles. The minimum absolute atomic E-state index is 0.0565. The molecular formula is C6H14BNO5S. The maximum absolute atomic E-state index is 10.8. The monoisotopic (exact) mass is 223 g/mol.